The van der Waals surface area contributed by atoms with Crippen LogP contribution >= 0.6 is 0 Å². The van der Waals surface area contributed by atoms with E-state index < -0.39 is 0 Å². The van der Waals surface area contributed by atoms with Gasteiger partial charge in [-0.25, -0.2) is 0 Å². The van der Waals surface area contributed by atoms with Gasteiger partial charge in [-0.3, -0.25) is 9.89 Å². The van der Waals surface area contributed by atoms with Crippen molar-refractivity contribution < 1.29 is 4.79 Å². The van der Waals surface area contributed by atoms with Crippen molar-refractivity contribution in [2.45, 2.75) is 25.8 Å². The molecule has 1 aliphatic heterocycles. The Kier molecular flexibility index (Phi) is 3.63. The number of nitrogen functional groups attached to an aromatic ring is 1. The van der Waals surface area contributed by atoms with Gasteiger partial charge in [-0.2, -0.15) is 5.10 Å². The minimum Gasteiger partial charge on any atom is -0.396 e. The Morgan fingerprint density at radius 1 is 1.65 bits per heavy atom. The summed E-state index contributed by atoms with van der Waals surface area (Å²) in [4.78, 5) is 14.3. The number of nitrogens with zero attached hydrogens (tertiary/aromatic N) is 2. The highest BCUT2D eigenvalue weighted by atomic mass is 16.2. The van der Waals surface area contributed by atoms with E-state index in [1.807, 2.05) is 0 Å². The normalized spacial score (nSPS) is 18.2. The number of anilines is 1. The fraction of sp³-hybridized carbons (Fsp3) is 0.636. The molecule has 0 spiro atoms. The van der Waals surface area contributed by atoms with E-state index in [0.29, 0.717) is 11.4 Å². The summed E-state index contributed by atoms with van der Waals surface area (Å²) in [5.74, 6) is -0.157. The number of carbonyl (C=O) groups is 1. The second-order valence-corrected chi connectivity index (χ2v) is 4.38. The van der Waals surface area contributed by atoms with Crippen LogP contribution in [0.1, 0.15) is 30.3 Å². The fourth-order valence-corrected chi connectivity index (χ4v) is 2.13. The van der Waals surface area contributed by atoms with Crippen LogP contribution < -0.4 is 11.1 Å². The standard InChI is InChI=1S/C11H19N5O/c1-2-16-5-3-8(4-6-16)14-11(17)10-9(12)7-13-15-10/h7-8H,2-6,12H2,1H3,(H,13,15)(H,14,17). The first-order chi connectivity index (χ1) is 8.20. The summed E-state index contributed by atoms with van der Waals surface area (Å²) in [7, 11) is 0. The van der Waals surface area contributed by atoms with Crippen molar-refractivity contribution in [3.05, 3.63) is 11.9 Å². The molecule has 6 heteroatoms. The third-order valence-electron chi connectivity index (χ3n) is 3.27. The van der Waals surface area contributed by atoms with Gasteiger partial charge in [-0.05, 0) is 19.4 Å². The lowest BCUT2D eigenvalue weighted by molar-refractivity contribution is 0.0908. The predicted molar refractivity (Wildman–Crippen MR) is 65.6 cm³/mol. The van der Waals surface area contributed by atoms with Crippen molar-refractivity contribution in [2.75, 3.05) is 25.4 Å². The topological polar surface area (TPSA) is 87.0 Å². The van der Waals surface area contributed by atoms with Crippen molar-refractivity contribution in [3.63, 3.8) is 0 Å². The summed E-state index contributed by atoms with van der Waals surface area (Å²) in [5, 5.41) is 9.35. The first-order valence-corrected chi connectivity index (χ1v) is 6.02. The van der Waals surface area contributed by atoms with Gasteiger partial charge < -0.3 is 16.0 Å². The fourth-order valence-electron chi connectivity index (χ4n) is 2.13. The number of likely N-dealkylation sites (tertiary alicyclic amines) is 1. The van der Waals surface area contributed by atoms with Gasteiger partial charge in [0.1, 0.15) is 5.69 Å². The van der Waals surface area contributed by atoms with Gasteiger partial charge in [0.25, 0.3) is 5.91 Å². The van der Waals surface area contributed by atoms with Gasteiger partial charge in [-0.15, -0.1) is 0 Å². The van der Waals surface area contributed by atoms with Crippen LogP contribution in [0.25, 0.3) is 0 Å². The molecule has 1 aliphatic rings. The lowest BCUT2D eigenvalue weighted by Crippen LogP contribution is -2.44. The molecule has 1 aromatic heterocycles. The molecule has 0 unspecified atom stereocenters. The van der Waals surface area contributed by atoms with E-state index in [1.54, 1.807) is 0 Å². The molecule has 94 valence electrons. The minimum atomic E-state index is -0.157. The molecule has 0 aromatic carbocycles. The zero-order valence-corrected chi connectivity index (χ0v) is 10.1. The number of aromatic nitrogens is 2. The molecule has 0 bridgehead atoms. The summed E-state index contributed by atoms with van der Waals surface area (Å²) in [6.07, 6.45) is 3.44. The molecule has 0 radical (unpaired) electrons. The zero-order valence-electron chi connectivity index (χ0n) is 10.1. The van der Waals surface area contributed by atoms with Gasteiger partial charge >= 0.3 is 0 Å². The number of nitrogens with two attached hydrogens (primary N) is 1. The largest absolute Gasteiger partial charge is 0.396 e. The molecular weight excluding hydrogens is 218 g/mol. The second-order valence-electron chi connectivity index (χ2n) is 4.38. The van der Waals surface area contributed by atoms with E-state index in [1.165, 1.54) is 6.20 Å². The van der Waals surface area contributed by atoms with Crippen LogP contribution in [0.5, 0.6) is 0 Å². The minimum absolute atomic E-state index is 0.157. The van der Waals surface area contributed by atoms with Crippen LogP contribution in [-0.2, 0) is 0 Å². The number of nitrogens with one attached hydrogen (secondary N) is 2. The van der Waals surface area contributed by atoms with E-state index in [4.69, 9.17) is 5.73 Å². The Balaban J connectivity index is 1.86. The van der Waals surface area contributed by atoms with Crippen LogP contribution in [0.15, 0.2) is 6.20 Å². The van der Waals surface area contributed by atoms with E-state index >= 15 is 0 Å². The number of piperidine rings is 1. The second kappa shape index (κ2) is 5.18. The van der Waals surface area contributed by atoms with Crippen LogP contribution in [0.2, 0.25) is 0 Å². The number of H-pyrrole nitrogens is 1. The molecule has 1 aromatic rings. The summed E-state index contributed by atoms with van der Waals surface area (Å²) >= 11 is 0. The summed E-state index contributed by atoms with van der Waals surface area (Å²) in [6, 6.07) is 0.244. The van der Waals surface area contributed by atoms with Gasteiger partial charge in [0.2, 0.25) is 0 Å². The Morgan fingerprint density at radius 3 is 2.88 bits per heavy atom. The Labute approximate surface area is 101 Å². The molecule has 1 amide bonds. The van der Waals surface area contributed by atoms with Gasteiger partial charge in [0.05, 0.1) is 11.9 Å². The molecule has 0 saturated carbocycles. The number of aromatic amines is 1. The molecule has 2 heterocycles. The first-order valence-electron chi connectivity index (χ1n) is 6.02. The molecule has 1 fully saturated rings. The molecule has 2 rings (SSSR count). The predicted octanol–water partition coefficient (Wildman–Crippen LogP) is 0.206. The van der Waals surface area contributed by atoms with Crippen LogP contribution in [0.4, 0.5) is 5.69 Å². The SMILES string of the molecule is CCN1CCC(NC(=O)c2[nH]ncc2N)CC1. The van der Waals surface area contributed by atoms with Crippen molar-refractivity contribution in [1.29, 1.82) is 0 Å². The van der Waals surface area contributed by atoms with Crippen LogP contribution in [0.3, 0.4) is 0 Å². The zero-order chi connectivity index (χ0) is 12.3. The molecule has 1 saturated heterocycles. The van der Waals surface area contributed by atoms with Crippen molar-refractivity contribution in [3.8, 4) is 0 Å². The van der Waals surface area contributed by atoms with E-state index in [0.717, 1.165) is 32.5 Å². The van der Waals surface area contributed by atoms with E-state index in [9.17, 15) is 4.79 Å². The quantitative estimate of drug-likeness (QED) is 0.701. The third kappa shape index (κ3) is 2.76. The third-order valence-corrected chi connectivity index (χ3v) is 3.27. The van der Waals surface area contributed by atoms with Crippen molar-refractivity contribution in [1.82, 2.24) is 20.4 Å². The Hall–Kier alpha value is -1.56. The molecular formula is C11H19N5O. The maximum Gasteiger partial charge on any atom is 0.271 e. The summed E-state index contributed by atoms with van der Waals surface area (Å²) < 4.78 is 0. The lowest BCUT2D eigenvalue weighted by atomic mass is 10.0. The maximum atomic E-state index is 11.9. The highest BCUT2D eigenvalue weighted by molar-refractivity contribution is 5.97. The molecule has 17 heavy (non-hydrogen) atoms. The number of carbonyl (C=O) groups excluding carboxylic acids is 1. The number of hydrogen-bond acceptors (Lipinski definition) is 4. The lowest BCUT2D eigenvalue weighted by Gasteiger charge is -2.31. The number of hydrogen-bond donors (Lipinski definition) is 3. The highest BCUT2D eigenvalue weighted by Gasteiger charge is 2.21. The molecule has 6 nitrogen and oxygen atoms in total. The first kappa shape index (κ1) is 11.9. The van der Waals surface area contributed by atoms with Crippen LogP contribution in [-0.4, -0.2) is 46.7 Å². The number of rotatable bonds is 3. The highest BCUT2D eigenvalue weighted by Crippen LogP contribution is 2.12. The van der Waals surface area contributed by atoms with Crippen molar-refractivity contribution in [2.24, 2.45) is 0 Å². The smallest absolute Gasteiger partial charge is 0.271 e. The van der Waals surface area contributed by atoms with E-state index in [2.05, 4.69) is 27.3 Å². The molecule has 0 atom stereocenters. The van der Waals surface area contributed by atoms with Gasteiger partial charge in [0, 0.05) is 19.1 Å². The van der Waals surface area contributed by atoms with E-state index in [-0.39, 0.29) is 11.9 Å². The Bertz CT molecular complexity index is 381. The summed E-state index contributed by atoms with van der Waals surface area (Å²) in [6.45, 7) is 5.32. The molecule has 4 N–H and O–H groups in total. The van der Waals surface area contributed by atoms with Gasteiger partial charge in [-0.1, -0.05) is 6.92 Å². The van der Waals surface area contributed by atoms with Gasteiger partial charge in [0.15, 0.2) is 0 Å². The average Bonchev–Trinajstić information content (AvgIpc) is 2.76. The molecule has 0 aliphatic carbocycles. The number of amides is 1. The monoisotopic (exact) mass is 237 g/mol. The van der Waals surface area contributed by atoms with Crippen molar-refractivity contribution >= 4 is 11.6 Å². The summed E-state index contributed by atoms with van der Waals surface area (Å²) in [5.41, 5.74) is 6.39. The maximum absolute atomic E-state index is 11.9. The average molecular weight is 237 g/mol. The Morgan fingerprint density at radius 2 is 2.35 bits per heavy atom. The van der Waals surface area contributed by atoms with Crippen LogP contribution in [0, 0.1) is 0 Å².